The summed E-state index contributed by atoms with van der Waals surface area (Å²) in [4.78, 5) is 27.2. The number of hydrogen-bond acceptors (Lipinski definition) is 4. The Hall–Kier alpha value is -2.08. The lowest BCUT2D eigenvalue weighted by atomic mass is 10.1. The molecule has 154 valence electrons. The molecule has 1 heterocycles. The zero-order valence-electron chi connectivity index (χ0n) is 17.2. The Morgan fingerprint density at radius 2 is 1.79 bits per heavy atom. The van der Waals surface area contributed by atoms with Gasteiger partial charge in [-0.3, -0.25) is 14.5 Å². The Morgan fingerprint density at radius 1 is 1.11 bits per heavy atom. The van der Waals surface area contributed by atoms with Crippen LogP contribution >= 0.6 is 0 Å². The van der Waals surface area contributed by atoms with E-state index < -0.39 is 0 Å². The van der Waals surface area contributed by atoms with Gasteiger partial charge in [0.1, 0.15) is 5.75 Å². The van der Waals surface area contributed by atoms with Crippen LogP contribution < -0.4 is 15.4 Å². The van der Waals surface area contributed by atoms with Crippen LogP contribution in [0, 0.1) is 5.92 Å². The van der Waals surface area contributed by atoms with Gasteiger partial charge in [0, 0.05) is 43.2 Å². The lowest BCUT2D eigenvalue weighted by Crippen LogP contribution is -2.46. The standard InChI is InChI=1S/C22H33N3O3/c1-15(2)24-21(26)12-18-8-9-19(25(18)14-16-4-5-16)13-23-22(27)17-6-10-20(28-3)11-7-17/h6-7,10-11,15-16,18-19H,4-5,8-9,12-14H2,1-3H3,(H,23,27)(H,24,26)/t18-,19+/m1/s1. The zero-order valence-corrected chi connectivity index (χ0v) is 17.2. The molecule has 1 saturated carbocycles. The van der Waals surface area contributed by atoms with Gasteiger partial charge >= 0.3 is 0 Å². The van der Waals surface area contributed by atoms with Gasteiger partial charge in [0.25, 0.3) is 5.91 Å². The van der Waals surface area contributed by atoms with Crippen LogP contribution in [0.25, 0.3) is 0 Å². The van der Waals surface area contributed by atoms with Crippen LogP contribution in [0.3, 0.4) is 0 Å². The molecule has 0 aromatic heterocycles. The van der Waals surface area contributed by atoms with Gasteiger partial charge in [-0.2, -0.15) is 0 Å². The molecule has 0 spiro atoms. The van der Waals surface area contributed by atoms with E-state index in [2.05, 4.69) is 15.5 Å². The minimum atomic E-state index is -0.0602. The highest BCUT2D eigenvalue weighted by atomic mass is 16.5. The monoisotopic (exact) mass is 387 g/mol. The second kappa shape index (κ2) is 9.41. The number of ether oxygens (including phenoxy) is 1. The number of carbonyl (C=O) groups excluding carboxylic acids is 2. The van der Waals surface area contributed by atoms with E-state index in [-0.39, 0.29) is 23.9 Å². The van der Waals surface area contributed by atoms with Gasteiger partial charge in [-0.05, 0) is 69.7 Å². The Labute approximate surface area is 168 Å². The number of carbonyl (C=O) groups is 2. The highest BCUT2D eigenvalue weighted by Crippen LogP contribution is 2.35. The lowest BCUT2D eigenvalue weighted by molar-refractivity contribution is -0.122. The van der Waals surface area contributed by atoms with Crippen LogP contribution in [-0.2, 0) is 4.79 Å². The van der Waals surface area contributed by atoms with Crippen molar-refractivity contribution in [3.05, 3.63) is 29.8 Å². The minimum Gasteiger partial charge on any atom is -0.497 e. The SMILES string of the molecule is COc1ccc(C(=O)NC[C@@H]2CC[C@H](CC(=O)NC(C)C)N2CC2CC2)cc1. The Morgan fingerprint density at radius 3 is 2.39 bits per heavy atom. The van der Waals surface area contributed by atoms with E-state index in [4.69, 9.17) is 4.74 Å². The summed E-state index contributed by atoms with van der Waals surface area (Å²) in [6.45, 7) is 5.65. The van der Waals surface area contributed by atoms with Crippen molar-refractivity contribution in [2.75, 3.05) is 20.2 Å². The molecular weight excluding hydrogens is 354 g/mol. The molecule has 0 bridgehead atoms. The van der Waals surface area contributed by atoms with Gasteiger partial charge in [0.2, 0.25) is 5.91 Å². The maximum atomic E-state index is 12.5. The molecule has 2 atom stereocenters. The molecule has 2 amide bonds. The summed E-state index contributed by atoms with van der Waals surface area (Å²) in [5.74, 6) is 1.57. The van der Waals surface area contributed by atoms with Gasteiger partial charge in [-0.1, -0.05) is 0 Å². The third-order valence-electron chi connectivity index (χ3n) is 5.66. The first-order valence-electron chi connectivity index (χ1n) is 10.4. The molecule has 1 aliphatic heterocycles. The van der Waals surface area contributed by atoms with Crippen LogP contribution in [0.1, 0.15) is 56.3 Å². The summed E-state index contributed by atoms with van der Waals surface area (Å²) in [5.41, 5.74) is 0.639. The number of nitrogens with one attached hydrogen (secondary N) is 2. The van der Waals surface area contributed by atoms with Crippen molar-refractivity contribution in [2.45, 2.75) is 64.1 Å². The van der Waals surface area contributed by atoms with Crippen LogP contribution in [0.2, 0.25) is 0 Å². The molecule has 1 aliphatic carbocycles. The number of benzene rings is 1. The van der Waals surface area contributed by atoms with Crippen molar-refractivity contribution in [1.82, 2.24) is 15.5 Å². The zero-order chi connectivity index (χ0) is 20.1. The Kier molecular flexibility index (Phi) is 6.94. The summed E-state index contributed by atoms with van der Waals surface area (Å²) < 4.78 is 5.14. The van der Waals surface area contributed by atoms with Crippen molar-refractivity contribution >= 4 is 11.8 Å². The molecule has 0 unspecified atom stereocenters. The number of nitrogens with zero attached hydrogens (tertiary/aromatic N) is 1. The second-order valence-corrected chi connectivity index (χ2v) is 8.39. The largest absolute Gasteiger partial charge is 0.497 e. The van der Waals surface area contributed by atoms with Gasteiger partial charge in [-0.25, -0.2) is 0 Å². The van der Waals surface area contributed by atoms with Gasteiger partial charge < -0.3 is 15.4 Å². The first-order valence-corrected chi connectivity index (χ1v) is 10.4. The summed E-state index contributed by atoms with van der Waals surface area (Å²) in [7, 11) is 1.61. The van der Waals surface area contributed by atoms with E-state index in [9.17, 15) is 9.59 Å². The van der Waals surface area contributed by atoms with E-state index in [0.29, 0.717) is 24.6 Å². The van der Waals surface area contributed by atoms with Crippen molar-refractivity contribution in [1.29, 1.82) is 0 Å². The van der Waals surface area contributed by atoms with Crippen LogP contribution in [0.15, 0.2) is 24.3 Å². The number of rotatable bonds is 9. The van der Waals surface area contributed by atoms with Crippen LogP contribution in [-0.4, -0.2) is 55.0 Å². The number of methoxy groups -OCH3 is 1. The Balaban J connectivity index is 1.55. The van der Waals surface area contributed by atoms with Gasteiger partial charge in [0.15, 0.2) is 0 Å². The predicted octanol–water partition coefficient (Wildman–Crippen LogP) is 2.58. The van der Waals surface area contributed by atoms with Crippen molar-refractivity contribution in [3.8, 4) is 5.75 Å². The van der Waals surface area contributed by atoms with Gasteiger partial charge in [-0.15, -0.1) is 0 Å². The first kappa shape index (κ1) is 20.6. The molecule has 1 saturated heterocycles. The van der Waals surface area contributed by atoms with E-state index >= 15 is 0 Å². The number of hydrogen-bond donors (Lipinski definition) is 2. The third-order valence-corrected chi connectivity index (χ3v) is 5.66. The summed E-state index contributed by atoms with van der Waals surface area (Å²) in [6, 6.07) is 7.92. The van der Waals surface area contributed by atoms with Crippen LogP contribution in [0.5, 0.6) is 5.75 Å². The second-order valence-electron chi connectivity index (χ2n) is 8.39. The summed E-state index contributed by atoms with van der Waals surface area (Å²) in [5, 5.41) is 6.10. The lowest BCUT2D eigenvalue weighted by Gasteiger charge is -2.30. The summed E-state index contributed by atoms with van der Waals surface area (Å²) in [6.07, 6.45) is 5.16. The average Bonchev–Trinajstić information content (AvgIpc) is 3.41. The smallest absolute Gasteiger partial charge is 0.251 e. The molecule has 3 rings (SSSR count). The fourth-order valence-corrected chi connectivity index (χ4v) is 4.00. The molecule has 2 N–H and O–H groups in total. The normalized spacial score (nSPS) is 22.3. The predicted molar refractivity (Wildman–Crippen MR) is 109 cm³/mol. The first-order chi connectivity index (χ1) is 13.5. The molecule has 1 aromatic rings. The highest BCUT2D eigenvalue weighted by Gasteiger charge is 2.38. The third kappa shape index (κ3) is 5.71. The molecule has 0 radical (unpaired) electrons. The van der Waals surface area contributed by atoms with Crippen LogP contribution in [0.4, 0.5) is 0 Å². The molecule has 2 fully saturated rings. The van der Waals surface area contributed by atoms with Gasteiger partial charge in [0.05, 0.1) is 7.11 Å². The number of likely N-dealkylation sites (tertiary alicyclic amines) is 1. The fraction of sp³-hybridized carbons (Fsp3) is 0.636. The molecule has 28 heavy (non-hydrogen) atoms. The maximum Gasteiger partial charge on any atom is 0.251 e. The number of amides is 2. The maximum absolute atomic E-state index is 12.5. The molecule has 6 nitrogen and oxygen atoms in total. The van der Waals surface area contributed by atoms with Crippen molar-refractivity contribution in [2.24, 2.45) is 5.92 Å². The van der Waals surface area contributed by atoms with E-state index in [1.165, 1.54) is 12.8 Å². The Bertz CT molecular complexity index is 670. The van der Waals surface area contributed by atoms with Crippen molar-refractivity contribution < 1.29 is 14.3 Å². The minimum absolute atomic E-state index is 0.0602. The van der Waals surface area contributed by atoms with E-state index in [1.54, 1.807) is 31.4 Å². The highest BCUT2D eigenvalue weighted by molar-refractivity contribution is 5.94. The fourth-order valence-electron chi connectivity index (χ4n) is 4.00. The van der Waals surface area contributed by atoms with E-state index in [1.807, 2.05) is 13.8 Å². The topological polar surface area (TPSA) is 70.7 Å². The molecule has 1 aromatic carbocycles. The van der Waals surface area contributed by atoms with Crippen molar-refractivity contribution in [3.63, 3.8) is 0 Å². The molecular formula is C22H33N3O3. The summed E-state index contributed by atoms with van der Waals surface area (Å²) >= 11 is 0. The van der Waals surface area contributed by atoms with E-state index in [0.717, 1.165) is 31.1 Å². The molecule has 6 heteroatoms. The average molecular weight is 388 g/mol. The quantitative estimate of drug-likeness (QED) is 0.683. The molecule has 2 aliphatic rings.